The minimum Gasteiger partial charge on any atom is -0.316 e. The summed E-state index contributed by atoms with van der Waals surface area (Å²) in [6, 6.07) is 0. The van der Waals surface area contributed by atoms with Crippen molar-refractivity contribution < 1.29 is 0 Å². The third kappa shape index (κ3) is 4.19. The van der Waals surface area contributed by atoms with Crippen molar-refractivity contribution in [2.45, 2.75) is 26.2 Å². The van der Waals surface area contributed by atoms with Crippen LogP contribution in [-0.4, -0.2) is 43.1 Å². The second-order valence-corrected chi connectivity index (χ2v) is 6.63. The SMILES string of the molecule is CC(CN(C)CC1(C)CCNC1)c1nccs1.Cl. The van der Waals surface area contributed by atoms with Crippen LogP contribution in [0.5, 0.6) is 0 Å². The van der Waals surface area contributed by atoms with E-state index in [1.165, 1.54) is 24.5 Å². The molecule has 1 N–H and O–H groups in total. The molecule has 0 saturated carbocycles. The average Bonchev–Trinajstić information content (AvgIpc) is 2.88. The van der Waals surface area contributed by atoms with Crippen LogP contribution >= 0.6 is 23.7 Å². The third-order valence-corrected chi connectivity index (χ3v) is 4.57. The van der Waals surface area contributed by atoms with Crippen LogP contribution in [0.1, 0.15) is 31.2 Å². The minimum atomic E-state index is 0. The van der Waals surface area contributed by atoms with Gasteiger partial charge in [-0.05, 0) is 25.4 Å². The zero-order chi connectivity index (χ0) is 12.3. The largest absolute Gasteiger partial charge is 0.316 e. The summed E-state index contributed by atoms with van der Waals surface area (Å²) in [7, 11) is 2.23. The monoisotopic (exact) mass is 289 g/mol. The number of halogens is 1. The van der Waals surface area contributed by atoms with Gasteiger partial charge in [-0.3, -0.25) is 0 Å². The highest BCUT2D eigenvalue weighted by molar-refractivity contribution is 7.09. The predicted molar refractivity (Wildman–Crippen MR) is 80.9 cm³/mol. The molecule has 18 heavy (non-hydrogen) atoms. The standard InChI is InChI=1S/C13H23N3S.ClH/c1-11(12-15-6-7-17-12)8-16(3)10-13(2)4-5-14-9-13;/h6-7,11,14H,4-5,8-10H2,1-3H3;1H. The number of thiazole rings is 1. The van der Waals surface area contributed by atoms with E-state index < -0.39 is 0 Å². The highest BCUT2D eigenvalue weighted by atomic mass is 35.5. The van der Waals surface area contributed by atoms with Crippen LogP contribution in [0.4, 0.5) is 0 Å². The van der Waals surface area contributed by atoms with Crippen molar-refractivity contribution in [1.29, 1.82) is 0 Å². The van der Waals surface area contributed by atoms with Crippen molar-refractivity contribution in [3.8, 4) is 0 Å². The Morgan fingerprint density at radius 1 is 1.61 bits per heavy atom. The Kier molecular flexibility index (Phi) is 6.05. The maximum atomic E-state index is 4.40. The second-order valence-electron chi connectivity index (χ2n) is 5.71. The molecule has 1 aliphatic heterocycles. The van der Waals surface area contributed by atoms with E-state index in [0.29, 0.717) is 11.3 Å². The van der Waals surface area contributed by atoms with Crippen molar-refractivity contribution in [3.05, 3.63) is 16.6 Å². The van der Waals surface area contributed by atoms with E-state index in [2.05, 4.69) is 41.5 Å². The van der Waals surface area contributed by atoms with Crippen LogP contribution in [0.15, 0.2) is 11.6 Å². The van der Waals surface area contributed by atoms with Crippen LogP contribution in [0.3, 0.4) is 0 Å². The highest BCUT2D eigenvalue weighted by Crippen LogP contribution is 2.26. The van der Waals surface area contributed by atoms with Gasteiger partial charge in [0.2, 0.25) is 0 Å². The van der Waals surface area contributed by atoms with Crippen molar-refractivity contribution >= 4 is 23.7 Å². The fourth-order valence-electron chi connectivity index (χ4n) is 2.74. The highest BCUT2D eigenvalue weighted by Gasteiger charge is 2.30. The van der Waals surface area contributed by atoms with Gasteiger partial charge in [0, 0.05) is 37.1 Å². The number of likely N-dealkylation sites (N-methyl/N-ethyl adjacent to an activating group) is 1. The van der Waals surface area contributed by atoms with Gasteiger partial charge in [-0.2, -0.15) is 0 Å². The molecule has 3 nitrogen and oxygen atoms in total. The summed E-state index contributed by atoms with van der Waals surface area (Å²) in [5.74, 6) is 0.540. The van der Waals surface area contributed by atoms with Gasteiger partial charge in [0.15, 0.2) is 0 Å². The van der Waals surface area contributed by atoms with E-state index in [0.717, 1.165) is 13.1 Å². The van der Waals surface area contributed by atoms with E-state index in [-0.39, 0.29) is 12.4 Å². The molecule has 1 aromatic rings. The molecule has 104 valence electrons. The number of hydrogen-bond donors (Lipinski definition) is 1. The Morgan fingerprint density at radius 2 is 2.39 bits per heavy atom. The molecule has 0 aromatic carbocycles. The van der Waals surface area contributed by atoms with Gasteiger partial charge in [-0.15, -0.1) is 23.7 Å². The van der Waals surface area contributed by atoms with Crippen LogP contribution in [0.25, 0.3) is 0 Å². The zero-order valence-corrected chi connectivity index (χ0v) is 13.1. The molecule has 0 spiro atoms. The Hall–Kier alpha value is -0.160. The van der Waals surface area contributed by atoms with E-state index in [1.807, 2.05) is 6.20 Å². The summed E-state index contributed by atoms with van der Waals surface area (Å²) < 4.78 is 0. The normalized spacial score (nSPS) is 25.1. The molecule has 2 heterocycles. The molecule has 1 saturated heterocycles. The molecule has 2 atom stereocenters. The first-order valence-electron chi connectivity index (χ1n) is 6.38. The van der Waals surface area contributed by atoms with Gasteiger partial charge in [0.1, 0.15) is 0 Å². The van der Waals surface area contributed by atoms with Gasteiger partial charge in [-0.25, -0.2) is 4.98 Å². The van der Waals surface area contributed by atoms with E-state index in [1.54, 1.807) is 11.3 Å². The lowest BCUT2D eigenvalue weighted by atomic mass is 9.89. The molecule has 1 aliphatic rings. The van der Waals surface area contributed by atoms with Gasteiger partial charge in [0.05, 0.1) is 5.01 Å². The van der Waals surface area contributed by atoms with Crippen LogP contribution in [0.2, 0.25) is 0 Å². The first-order chi connectivity index (χ1) is 8.09. The second kappa shape index (κ2) is 6.85. The minimum absolute atomic E-state index is 0. The predicted octanol–water partition coefficient (Wildman–Crippen LogP) is 2.60. The Morgan fingerprint density at radius 3 is 2.94 bits per heavy atom. The summed E-state index contributed by atoms with van der Waals surface area (Å²) >= 11 is 1.76. The number of hydrogen-bond acceptors (Lipinski definition) is 4. The number of rotatable bonds is 5. The first kappa shape index (κ1) is 15.9. The maximum Gasteiger partial charge on any atom is 0.0965 e. The van der Waals surface area contributed by atoms with E-state index in [4.69, 9.17) is 0 Å². The van der Waals surface area contributed by atoms with Gasteiger partial charge in [0.25, 0.3) is 0 Å². The molecule has 0 amide bonds. The first-order valence-corrected chi connectivity index (χ1v) is 7.26. The van der Waals surface area contributed by atoms with Gasteiger partial charge in [-0.1, -0.05) is 13.8 Å². The molecule has 1 fully saturated rings. The van der Waals surface area contributed by atoms with Crippen molar-refractivity contribution in [1.82, 2.24) is 15.2 Å². The lowest BCUT2D eigenvalue weighted by molar-refractivity contribution is 0.202. The molecule has 0 bridgehead atoms. The third-order valence-electron chi connectivity index (χ3n) is 3.57. The number of nitrogens with zero attached hydrogens (tertiary/aromatic N) is 2. The fourth-order valence-corrected chi connectivity index (χ4v) is 3.43. The number of nitrogens with one attached hydrogen (secondary N) is 1. The van der Waals surface area contributed by atoms with Crippen LogP contribution in [0, 0.1) is 5.41 Å². The Labute approximate surface area is 120 Å². The molecule has 2 rings (SSSR count). The van der Waals surface area contributed by atoms with Crippen LogP contribution in [-0.2, 0) is 0 Å². The summed E-state index contributed by atoms with van der Waals surface area (Å²) in [6.45, 7) is 9.26. The average molecular weight is 290 g/mol. The van der Waals surface area contributed by atoms with Gasteiger partial charge >= 0.3 is 0 Å². The smallest absolute Gasteiger partial charge is 0.0965 e. The number of aromatic nitrogens is 1. The summed E-state index contributed by atoms with van der Waals surface area (Å²) in [4.78, 5) is 6.86. The van der Waals surface area contributed by atoms with Gasteiger partial charge < -0.3 is 10.2 Å². The molecule has 2 unspecified atom stereocenters. The topological polar surface area (TPSA) is 28.2 Å². The van der Waals surface area contributed by atoms with Crippen LogP contribution < -0.4 is 5.32 Å². The summed E-state index contributed by atoms with van der Waals surface area (Å²) in [5.41, 5.74) is 0.456. The molecular weight excluding hydrogens is 266 g/mol. The zero-order valence-electron chi connectivity index (χ0n) is 11.5. The molecule has 0 radical (unpaired) electrons. The van der Waals surface area contributed by atoms with Crippen molar-refractivity contribution in [2.24, 2.45) is 5.41 Å². The molecule has 5 heteroatoms. The molecule has 1 aromatic heterocycles. The van der Waals surface area contributed by atoms with E-state index in [9.17, 15) is 0 Å². The Bertz CT molecular complexity index is 336. The Balaban J connectivity index is 0.00000162. The van der Waals surface area contributed by atoms with E-state index >= 15 is 0 Å². The quantitative estimate of drug-likeness (QED) is 0.903. The van der Waals surface area contributed by atoms with Crippen molar-refractivity contribution in [3.63, 3.8) is 0 Å². The summed E-state index contributed by atoms with van der Waals surface area (Å²) in [5, 5.41) is 6.78. The fraction of sp³-hybridized carbons (Fsp3) is 0.769. The summed E-state index contributed by atoms with van der Waals surface area (Å²) in [6.07, 6.45) is 3.20. The lowest BCUT2D eigenvalue weighted by Gasteiger charge is -2.30. The molecular formula is C13H24ClN3S. The lowest BCUT2D eigenvalue weighted by Crippen LogP contribution is -2.36. The molecule has 0 aliphatic carbocycles. The van der Waals surface area contributed by atoms with Crippen molar-refractivity contribution in [2.75, 3.05) is 33.2 Å². The maximum absolute atomic E-state index is 4.40.